The van der Waals surface area contributed by atoms with Crippen molar-refractivity contribution in [2.75, 3.05) is 5.32 Å². The molecule has 1 heterocycles. The number of aryl methyl sites for hydroxylation is 1. The van der Waals surface area contributed by atoms with Gasteiger partial charge in [0.1, 0.15) is 23.9 Å². The molecule has 0 saturated heterocycles. The van der Waals surface area contributed by atoms with Crippen molar-refractivity contribution < 1.29 is 23.1 Å². The highest BCUT2D eigenvalue weighted by molar-refractivity contribution is 5.95. The molecule has 7 nitrogen and oxygen atoms in total. The second-order valence-corrected chi connectivity index (χ2v) is 6.49. The lowest BCUT2D eigenvalue weighted by atomic mass is 10.1. The van der Waals surface area contributed by atoms with E-state index in [0.717, 1.165) is 18.9 Å². The quantitative estimate of drug-likeness (QED) is 0.502. The van der Waals surface area contributed by atoms with E-state index < -0.39 is 17.8 Å². The van der Waals surface area contributed by atoms with Crippen LogP contribution in [0.25, 0.3) is 0 Å². The average molecular weight is 411 g/mol. The number of carbonyl (C=O) groups is 2. The maximum atomic E-state index is 13.1. The average Bonchev–Trinajstić information content (AvgIpc) is 3.21. The zero-order valence-electron chi connectivity index (χ0n) is 16.4. The third-order valence-electron chi connectivity index (χ3n) is 4.10. The van der Waals surface area contributed by atoms with Crippen LogP contribution in [-0.2, 0) is 13.0 Å². The van der Waals surface area contributed by atoms with Crippen LogP contribution in [-0.4, -0.2) is 11.9 Å². The number of furan rings is 1. The molecule has 3 aromatic rings. The van der Waals surface area contributed by atoms with Gasteiger partial charge in [-0.05, 0) is 54.4 Å². The first kappa shape index (κ1) is 20.9. The first-order valence-corrected chi connectivity index (χ1v) is 9.47. The molecule has 8 heteroatoms. The predicted octanol–water partition coefficient (Wildman–Crippen LogP) is 4.42. The highest BCUT2D eigenvalue weighted by Crippen LogP contribution is 2.16. The van der Waals surface area contributed by atoms with Gasteiger partial charge in [0.25, 0.3) is 0 Å². The Kier molecular flexibility index (Phi) is 7.05. The van der Waals surface area contributed by atoms with Gasteiger partial charge in [0.15, 0.2) is 5.76 Å². The third-order valence-corrected chi connectivity index (χ3v) is 4.10. The summed E-state index contributed by atoms with van der Waals surface area (Å²) in [7, 11) is 0. The summed E-state index contributed by atoms with van der Waals surface area (Å²) in [5.41, 5.74) is 5.88. The number of rotatable bonds is 7. The van der Waals surface area contributed by atoms with E-state index in [4.69, 9.17) is 9.15 Å². The molecule has 2 aromatic carbocycles. The van der Waals surface area contributed by atoms with Gasteiger partial charge in [-0.1, -0.05) is 31.5 Å². The van der Waals surface area contributed by atoms with E-state index in [1.807, 2.05) is 24.3 Å². The van der Waals surface area contributed by atoms with Crippen molar-refractivity contribution in [3.63, 3.8) is 0 Å². The lowest BCUT2D eigenvalue weighted by Gasteiger charge is -2.08. The molecule has 0 atom stereocenters. The minimum absolute atomic E-state index is 0.0120. The van der Waals surface area contributed by atoms with Crippen LogP contribution in [0.15, 0.2) is 65.1 Å². The van der Waals surface area contributed by atoms with Gasteiger partial charge in [-0.25, -0.2) is 14.6 Å². The van der Waals surface area contributed by atoms with E-state index in [2.05, 4.69) is 23.1 Å². The molecule has 0 radical (unpaired) electrons. The number of hydrogen-bond donors (Lipinski definition) is 3. The van der Waals surface area contributed by atoms with Crippen LogP contribution >= 0.6 is 0 Å². The summed E-state index contributed by atoms with van der Waals surface area (Å²) in [6, 6.07) is 15.6. The maximum Gasteiger partial charge on any atom is 0.337 e. The van der Waals surface area contributed by atoms with Crippen LogP contribution in [0.2, 0.25) is 0 Å². The first-order chi connectivity index (χ1) is 14.5. The molecule has 3 amide bonds. The van der Waals surface area contributed by atoms with Gasteiger partial charge >= 0.3 is 11.9 Å². The van der Waals surface area contributed by atoms with Gasteiger partial charge in [-0.3, -0.25) is 10.2 Å². The fraction of sp³-hybridized carbons (Fsp3) is 0.182. The van der Waals surface area contributed by atoms with E-state index in [9.17, 15) is 14.0 Å². The number of hydrogen-bond acceptors (Lipinski definition) is 4. The van der Waals surface area contributed by atoms with Gasteiger partial charge in [0.05, 0.1) is 0 Å². The summed E-state index contributed by atoms with van der Waals surface area (Å²) in [5, 5.41) is 2.39. The standard InChI is InChI=1S/C22H22FN3O4/c1-2-4-15-7-9-18(10-8-15)29-14-19-11-12-20(30-19)21(27)25-26-22(28)24-17-6-3-5-16(23)13-17/h3,5-13H,2,4,14H2,1H3,(H,25,27)(H2,24,26,28). The third kappa shape index (κ3) is 6.10. The minimum Gasteiger partial charge on any atom is -0.486 e. The molecule has 0 aliphatic rings. The van der Waals surface area contributed by atoms with Gasteiger partial charge in [0.2, 0.25) is 0 Å². The van der Waals surface area contributed by atoms with Gasteiger partial charge in [-0.2, -0.15) is 0 Å². The van der Waals surface area contributed by atoms with Crippen molar-refractivity contribution in [1.82, 2.24) is 10.9 Å². The maximum absolute atomic E-state index is 13.1. The number of nitrogens with one attached hydrogen (secondary N) is 3. The number of hydrazine groups is 1. The smallest absolute Gasteiger partial charge is 0.337 e. The zero-order chi connectivity index (χ0) is 21.3. The van der Waals surface area contributed by atoms with Crippen LogP contribution in [0.1, 0.15) is 35.2 Å². The van der Waals surface area contributed by atoms with Crippen molar-refractivity contribution in [3.8, 4) is 5.75 Å². The summed E-state index contributed by atoms with van der Waals surface area (Å²) >= 11 is 0. The molecule has 0 unspecified atom stereocenters. The Morgan fingerprint density at radius 1 is 1.03 bits per heavy atom. The van der Waals surface area contributed by atoms with Gasteiger partial charge < -0.3 is 14.5 Å². The number of anilines is 1. The summed E-state index contributed by atoms with van der Waals surface area (Å²) in [4.78, 5) is 23.9. The van der Waals surface area contributed by atoms with Gasteiger partial charge in [-0.15, -0.1) is 0 Å². The monoisotopic (exact) mass is 411 g/mol. The largest absolute Gasteiger partial charge is 0.486 e. The molecule has 0 aliphatic heterocycles. The number of carbonyl (C=O) groups excluding carboxylic acids is 2. The lowest BCUT2D eigenvalue weighted by Crippen LogP contribution is -2.43. The van der Waals surface area contributed by atoms with Gasteiger partial charge in [0, 0.05) is 5.69 Å². The minimum atomic E-state index is -0.726. The summed E-state index contributed by atoms with van der Waals surface area (Å²) in [6.45, 7) is 2.29. The fourth-order valence-electron chi connectivity index (χ4n) is 2.68. The molecule has 30 heavy (non-hydrogen) atoms. The van der Waals surface area contributed by atoms with Crippen LogP contribution < -0.4 is 20.9 Å². The Balaban J connectivity index is 1.45. The number of halogens is 1. The highest BCUT2D eigenvalue weighted by Gasteiger charge is 2.13. The van der Waals surface area contributed by atoms with Crippen LogP contribution in [0.4, 0.5) is 14.9 Å². The second-order valence-electron chi connectivity index (χ2n) is 6.49. The van der Waals surface area contributed by atoms with Crippen LogP contribution in [0, 0.1) is 5.82 Å². The van der Waals surface area contributed by atoms with Crippen LogP contribution in [0.3, 0.4) is 0 Å². The molecule has 0 spiro atoms. The van der Waals surface area contributed by atoms with Crippen molar-refractivity contribution in [3.05, 3.63) is 83.6 Å². The van der Waals surface area contributed by atoms with Crippen molar-refractivity contribution in [2.24, 2.45) is 0 Å². The topological polar surface area (TPSA) is 92.6 Å². The normalized spacial score (nSPS) is 10.3. The Morgan fingerprint density at radius 3 is 2.57 bits per heavy atom. The van der Waals surface area contributed by atoms with Crippen molar-refractivity contribution in [2.45, 2.75) is 26.4 Å². The first-order valence-electron chi connectivity index (χ1n) is 9.47. The van der Waals surface area contributed by atoms with Crippen molar-refractivity contribution in [1.29, 1.82) is 0 Å². The van der Waals surface area contributed by atoms with E-state index in [-0.39, 0.29) is 18.1 Å². The molecule has 0 fully saturated rings. The predicted molar refractivity (Wildman–Crippen MR) is 109 cm³/mol. The Bertz CT molecular complexity index is 1000. The molecular weight excluding hydrogens is 389 g/mol. The zero-order valence-corrected chi connectivity index (χ0v) is 16.4. The number of amides is 3. The molecule has 0 aliphatic carbocycles. The summed E-state index contributed by atoms with van der Waals surface area (Å²) in [5.74, 6) is 0.0477. The Morgan fingerprint density at radius 2 is 1.83 bits per heavy atom. The molecule has 3 rings (SSSR count). The number of urea groups is 1. The number of ether oxygens (including phenoxy) is 1. The molecule has 3 N–H and O–H groups in total. The van der Waals surface area contributed by atoms with E-state index in [0.29, 0.717) is 11.5 Å². The van der Waals surface area contributed by atoms with Crippen LogP contribution in [0.5, 0.6) is 5.75 Å². The Hall–Kier alpha value is -3.81. The molecule has 0 saturated carbocycles. The second kappa shape index (κ2) is 10.1. The molecule has 156 valence electrons. The summed E-state index contributed by atoms with van der Waals surface area (Å²) in [6.07, 6.45) is 2.10. The SMILES string of the molecule is CCCc1ccc(OCc2ccc(C(=O)NNC(=O)Nc3cccc(F)c3)o2)cc1. The van der Waals surface area contributed by atoms with E-state index in [1.165, 1.54) is 29.8 Å². The molecule has 1 aromatic heterocycles. The van der Waals surface area contributed by atoms with Crippen molar-refractivity contribution >= 4 is 17.6 Å². The van der Waals surface area contributed by atoms with E-state index >= 15 is 0 Å². The lowest BCUT2D eigenvalue weighted by molar-refractivity contribution is 0.0906. The highest BCUT2D eigenvalue weighted by atomic mass is 19.1. The number of benzene rings is 2. The fourth-order valence-corrected chi connectivity index (χ4v) is 2.68. The van der Waals surface area contributed by atoms with E-state index in [1.54, 1.807) is 6.07 Å². The molecular formula is C22H22FN3O4. The summed E-state index contributed by atoms with van der Waals surface area (Å²) < 4.78 is 24.2. The molecule has 0 bridgehead atoms. The Labute approximate surface area is 173 Å².